The van der Waals surface area contributed by atoms with Crippen LogP contribution < -0.4 is 16.7 Å². The maximum Gasteiger partial charge on any atom is 0.355 e. The van der Waals surface area contributed by atoms with E-state index in [2.05, 4.69) is 25.7 Å². The van der Waals surface area contributed by atoms with Gasteiger partial charge in [0.1, 0.15) is 5.82 Å². The zero-order valence-electron chi connectivity index (χ0n) is 24.9. The average molecular weight is 693 g/mol. The number of fused-ring (bicyclic) bond motifs is 1. The van der Waals surface area contributed by atoms with E-state index >= 15 is 0 Å². The fourth-order valence-electron chi connectivity index (χ4n) is 4.80. The SMILES string of the molecule is Cn1cc2cc(Nc3nc(=O)n(Cc4cnnn4C(=O)/C=C/c4ccc([N+](=O)[O-])cc4)c(=O)n3Cc3cc(F)c(F)cc3F)c(Cl)cc2n1. The second-order valence-corrected chi connectivity index (χ2v) is 10.9. The number of hydrogen-bond donors (Lipinski definition) is 1. The summed E-state index contributed by atoms with van der Waals surface area (Å²) in [5.41, 5.74) is -1.60. The summed E-state index contributed by atoms with van der Waals surface area (Å²) in [5.74, 6) is -5.14. The molecule has 3 aromatic heterocycles. The molecule has 0 aliphatic carbocycles. The van der Waals surface area contributed by atoms with Crippen LogP contribution in [0.15, 0.2) is 76.6 Å². The van der Waals surface area contributed by atoms with E-state index in [0.717, 1.165) is 21.5 Å². The zero-order chi connectivity index (χ0) is 35.0. The van der Waals surface area contributed by atoms with E-state index in [1.165, 1.54) is 36.4 Å². The summed E-state index contributed by atoms with van der Waals surface area (Å²) in [6, 6.07) is 9.34. The van der Waals surface area contributed by atoms with Crippen molar-refractivity contribution in [3.05, 3.63) is 137 Å². The Hall–Kier alpha value is -6.43. The molecule has 15 nitrogen and oxygen atoms in total. The number of aryl methyl sites for hydroxylation is 1. The second-order valence-electron chi connectivity index (χ2n) is 10.5. The summed E-state index contributed by atoms with van der Waals surface area (Å²) in [7, 11) is 1.70. The van der Waals surface area contributed by atoms with Crippen molar-refractivity contribution in [2.24, 2.45) is 7.05 Å². The number of non-ortho nitro benzene ring substituents is 1. The predicted octanol–water partition coefficient (Wildman–Crippen LogP) is 4.06. The topological polar surface area (TPSA) is 178 Å². The lowest BCUT2D eigenvalue weighted by atomic mass is 10.2. The first-order valence-corrected chi connectivity index (χ1v) is 14.4. The van der Waals surface area contributed by atoms with E-state index in [9.17, 15) is 37.7 Å². The third-order valence-electron chi connectivity index (χ3n) is 7.19. The summed E-state index contributed by atoms with van der Waals surface area (Å²) < 4.78 is 46.4. The first-order chi connectivity index (χ1) is 23.4. The van der Waals surface area contributed by atoms with Crippen molar-refractivity contribution in [3.63, 3.8) is 0 Å². The van der Waals surface area contributed by atoms with Gasteiger partial charge in [0.15, 0.2) is 11.6 Å². The molecular weight excluding hydrogens is 673 g/mol. The number of anilines is 2. The van der Waals surface area contributed by atoms with Crippen molar-refractivity contribution in [1.82, 2.24) is 38.9 Å². The highest BCUT2D eigenvalue weighted by Crippen LogP contribution is 2.29. The fourth-order valence-corrected chi connectivity index (χ4v) is 5.01. The normalized spacial score (nSPS) is 11.4. The number of nitrogens with one attached hydrogen (secondary N) is 1. The summed E-state index contributed by atoms with van der Waals surface area (Å²) in [6.07, 6.45) is 5.27. The molecule has 6 aromatic rings. The molecule has 0 unspecified atom stereocenters. The Morgan fingerprint density at radius 3 is 2.49 bits per heavy atom. The van der Waals surface area contributed by atoms with Gasteiger partial charge in [0, 0.05) is 48.5 Å². The van der Waals surface area contributed by atoms with Gasteiger partial charge in [-0.3, -0.25) is 24.2 Å². The van der Waals surface area contributed by atoms with Gasteiger partial charge in [-0.15, -0.1) is 5.10 Å². The fraction of sp³-hybridized carbons (Fsp3) is 0.100. The molecule has 1 N–H and O–H groups in total. The number of nitro groups is 1. The molecule has 49 heavy (non-hydrogen) atoms. The Labute approximate surface area is 276 Å². The Morgan fingerprint density at radius 2 is 1.76 bits per heavy atom. The summed E-state index contributed by atoms with van der Waals surface area (Å²) in [4.78, 5) is 54.4. The lowest BCUT2D eigenvalue weighted by Gasteiger charge is -2.17. The van der Waals surface area contributed by atoms with Crippen LogP contribution in [0.25, 0.3) is 17.0 Å². The van der Waals surface area contributed by atoms with Crippen LogP contribution in [0.1, 0.15) is 21.6 Å². The van der Waals surface area contributed by atoms with Gasteiger partial charge in [-0.25, -0.2) is 27.3 Å². The molecular formula is C30H20ClF3N10O5. The predicted molar refractivity (Wildman–Crippen MR) is 169 cm³/mol. The molecule has 248 valence electrons. The van der Waals surface area contributed by atoms with E-state index in [-0.39, 0.29) is 22.1 Å². The molecule has 0 aliphatic rings. The van der Waals surface area contributed by atoms with Crippen LogP contribution in [0, 0.1) is 27.6 Å². The molecule has 0 saturated carbocycles. The number of nitro benzene ring substituents is 1. The Morgan fingerprint density at radius 1 is 1.02 bits per heavy atom. The third-order valence-corrected chi connectivity index (χ3v) is 7.51. The number of benzene rings is 3. The number of rotatable bonds is 9. The average Bonchev–Trinajstić information content (AvgIpc) is 3.67. The van der Waals surface area contributed by atoms with Crippen LogP contribution >= 0.6 is 11.6 Å². The van der Waals surface area contributed by atoms with Crippen LogP contribution in [-0.2, 0) is 20.1 Å². The Kier molecular flexibility index (Phi) is 8.62. The minimum Gasteiger partial charge on any atom is -0.324 e. The number of nitrogens with zero attached hydrogens (tertiary/aromatic N) is 9. The van der Waals surface area contributed by atoms with E-state index in [1.807, 2.05) is 0 Å². The summed E-state index contributed by atoms with van der Waals surface area (Å²) in [5, 5.41) is 26.1. The number of carbonyl (C=O) groups excluding carboxylic acids is 1. The van der Waals surface area contributed by atoms with Crippen molar-refractivity contribution in [1.29, 1.82) is 0 Å². The first-order valence-electron chi connectivity index (χ1n) is 14.0. The maximum atomic E-state index is 14.8. The molecule has 3 aromatic carbocycles. The summed E-state index contributed by atoms with van der Waals surface area (Å²) >= 11 is 6.43. The number of carbonyl (C=O) groups is 1. The molecule has 3 heterocycles. The largest absolute Gasteiger partial charge is 0.355 e. The van der Waals surface area contributed by atoms with Gasteiger partial charge >= 0.3 is 11.4 Å². The van der Waals surface area contributed by atoms with Crippen LogP contribution in [0.5, 0.6) is 0 Å². The van der Waals surface area contributed by atoms with Gasteiger partial charge < -0.3 is 5.32 Å². The van der Waals surface area contributed by atoms with Crippen LogP contribution in [0.4, 0.5) is 30.5 Å². The van der Waals surface area contributed by atoms with E-state index in [1.54, 1.807) is 24.0 Å². The Balaban J connectivity index is 1.37. The molecule has 19 heteroatoms. The van der Waals surface area contributed by atoms with Gasteiger partial charge in [-0.2, -0.15) is 14.8 Å². The maximum absolute atomic E-state index is 14.8. The molecule has 0 radical (unpaired) electrons. The molecule has 0 aliphatic heterocycles. The third kappa shape index (κ3) is 6.70. The number of hydrogen-bond acceptors (Lipinski definition) is 10. The van der Waals surface area contributed by atoms with Crippen LogP contribution in [0.2, 0.25) is 5.02 Å². The minimum absolute atomic E-state index is 0.0318. The number of allylic oxidation sites excluding steroid dienone is 1. The van der Waals surface area contributed by atoms with Crippen molar-refractivity contribution in [3.8, 4) is 0 Å². The smallest absolute Gasteiger partial charge is 0.324 e. The molecule has 0 atom stereocenters. The molecule has 0 bridgehead atoms. The Bertz CT molecular complexity index is 2440. The number of halogens is 4. The van der Waals surface area contributed by atoms with Crippen LogP contribution in [-0.4, -0.2) is 49.7 Å². The minimum atomic E-state index is -1.44. The van der Waals surface area contributed by atoms with E-state index in [4.69, 9.17) is 11.6 Å². The van der Waals surface area contributed by atoms with Gasteiger partial charge in [0.05, 0.1) is 46.1 Å². The van der Waals surface area contributed by atoms with E-state index < -0.39 is 64.3 Å². The standard InChI is InChI=1S/C30H20ClF3N10O5/c1-40-13-18-9-26(21(31)10-25(18)38-40)36-28-37-29(46)42(30(47)41(28)14-17-8-23(33)24(34)11-22(17)32)15-20-12-35-39-43(20)27(45)7-4-16-2-5-19(6-3-16)44(48)49/h2-13H,14-15H2,1H3,(H,36,37,46)/b7-4+. The quantitative estimate of drug-likeness (QED) is 0.101. The van der Waals surface area contributed by atoms with Gasteiger partial charge in [0.2, 0.25) is 5.95 Å². The highest BCUT2D eigenvalue weighted by Gasteiger charge is 2.21. The van der Waals surface area contributed by atoms with Gasteiger partial charge in [-0.05, 0) is 42.0 Å². The molecule has 0 fully saturated rings. The molecule has 0 amide bonds. The number of aromatic nitrogens is 8. The van der Waals surface area contributed by atoms with Gasteiger partial charge in [-0.1, -0.05) is 16.8 Å². The van der Waals surface area contributed by atoms with Crippen molar-refractivity contribution >= 4 is 51.8 Å². The lowest BCUT2D eigenvalue weighted by Crippen LogP contribution is -2.43. The van der Waals surface area contributed by atoms with Crippen molar-refractivity contribution < 1.29 is 22.9 Å². The zero-order valence-corrected chi connectivity index (χ0v) is 25.7. The molecule has 0 spiro atoms. The van der Waals surface area contributed by atoms with Crippen LogP contribution in [0.3, 0.4) is 0 Å². The monoisotopic (exact) mass is 692 g/mol. The summed E-state index contributed by atoms with van der Waals surface area (Å²) in [6.45, 7) is -1.30. The van der Waals surface area contributed by atoms with Gasteiger partial charge in [0.25, 0.3) is 11.6 Å². The lowest BCUT2D eigenvalue weighted by molar-refractivity contribution is -0.384. The highest BCUT2D eigenvalue weighted by atomic mass is 35.5. The van der Waals surface area contributed by atoms with Crippen molar-refractivity contribution in [2.45, 2.75) is 13.1 Å². The molecule has 6 rings (SSSR count). The molecule has 0 saturated heterocycles. The van der Waals surface area contributed by atoms with E-state index in [0.29, 0.717) is 33.2 Å². The van der Waals surface area contributed by atoms with Crippen molar-refractivity contribution in [2.75, 3.05) is 5.32 Å². The first kappa shape index (κ1) is 32.5. The highest BCUT2D eigenvalue weighted by molar-refractivity contribution is 6.34. The second kappa shape index (κ2) is 13.0.